The molecule has 0 radical (unpaired) electrons. The first-order valence-corrected chi connectivity index (χ1v) is 7.08. The number of sulfonamides is 1. The smallest absolute Gasteiger partial charge is 0.207 e. The summed E-state index contributed by atoms with van der Waals surface area (Å²) in [6.45, 7) is 1.93. The van der Waals surface area contributed by atoms with Crippen LogP contribution in [0.2, 0.25) is 0 Å². The fourth-order valence-corrected chi connectivity index (χ4v) is 3.98. The van der Waals surface area contributed by atoms with Crippen molar-refractivity contribution < 1.29 is 12.8 Å². The van der Waals surface area contributed by atoms with Gasteiger partial charge in [0.2, 0.25) is 10.0 Å². The van der Waals surface area contributed by atoms with E-state index in [0.29, 0.717) is 24.9 Å². The zero-order chi connectivity index (χ0) is 13.3. The van der Waals surface area contributed by atoms with E-state index in [2.05, 4.69) is 0 Å². The van der Waals surface area contributed by atoms with Crippen molar-refractivity contribution >= 4 is 10.0 Å². The van der Waals surface area contributed by atoms with E-state index in [9.17, 15) is 12.8 Å². The van der Waals surface area contributed by atoms with Crippen LogP contribution < -0.4 is 0 Å². The molecule has 0 N–H and O–H groups in total. The summed E-state index contributed by atoms with van der Waals surface area (Å²) in [6, 6.07) is 5.00. The highest BCUT2D eigenvalue weighted by molar-refractivity contribution is 7.89. The van der Waals surface area contributed by atoms with Gasteiger partial charge in [-0.25, -0.2) is 12.8 Å². The summed E-state index contributed by atoms with van der Waals surface area (Å²) >= 11 is 0. The molecule has 0 amide bonds. The van der Waals surface area contributed by atoms with Gasteiger partial charge in [-0.15, -0.1) is 0 Å². The monoisotopic (exact) mass is 268 g/mol. The highest BCUT2D eigenvalue weighted by Crippen LogP contribution is 2.27. The number of aryl methyl sites for hydroxylation is 1. The lowest BCUT2D eigenvalue weighted by Gasteiger charge is -2.20. The van der Waals surface area contributed by atoms with E-state index in [4.69, 9.17) is 5.26 Å². The van der Waals surface area contributed by atoms with E-state index in [1.807, 2.05) is 6.07 Å². The van der Waals surface area contributed by atoms with Crippen LogP contribution in [-0.2, 0) is 10.0 Å². The molecule has 18 heavy (non-hydrogen) atoms. The van der Waals surface area contributed by atoms with Crippen LogP contribution in [0.15, 0.2) is 23.1 Å². The zero-order valence-electron chi connectivity index (χ0n) is 9.93. The van der Waals surface area contributed by atoms with Crippen molar-refractivity contribution in [2.45, 2.75) is 30.7 Å². The topological polar surface area (TPSA) is 61.2 Å². The zero-order valence-corrected chi connectivity index (χ0v) is 10.7. The first kappa shape index (κ1) is 13.0. The molecule has 1 heterocycles. The summed E-state index contributed by atoms with van der Waals surface area (Å²) in [5.74, 6) is -0.591. The summed E-state index contributed by atoms with van der Waals surface area (Å²) in [5.41, 5.74) is 0.486. The predicted molar refractivity (Wildman–Crippen MR) is 63.7 cm³/mol. The van der Waals surface area contributed by atoms with Crippen LogP contribution in [-0.4, -0.2) is 25.3 Å². The number of hydrogen-bond acceptors (Lipinski definition) is 3. The standard InChI is InChI=1S/C12H13FN2O2S/c1-9-4-5-10(13)7-12(9)18(16,17)15-6-2-3-11(15)8-14/h4-5,7,11H,2-3,6H2,1H3. The van der Waals surface area contributed by atoms with Crippen LogP contribution >= 0.6 is 0 Å². The van der Waals surface area contributed by atoms with Crippen LogP contribution in [0.5, 0.6) is 0 Å². The number of halogens is 1. The minimum absolute atomic E-state index is 0.0513. The molecule has 1 aromatic carbocycles. The molecule has 0 aliphatic carbocycles. The molecule has 1 atom stereocenters. The van der Waals surface area contributed by atoms with E-state index in [1.54, 1.807) is 6.92 Å². The van der Waals surface area contributed by atoms with Crippen molar-refractivity contribution in [1.82, 2.24) is 4.31 Å². The van der Waals surface area contributed by atoms with Crippen molar-refractivity contribution in [3.05, 3.63) is 29.6 Å². The van der Waals surface area contributed by atoms with Crippen LogP contribution in [0.25, 0.3) is 0 Å². The van der Waals surface area contributed by atoms with Crippen molar-refractivity contribution in [2.24, 2.45) is 0 Å². The lowest BCUT2D eigenvalue weighted by molar-refractivity contribution is 0.436. The second-order valence-electron chi connectivity index (χ2n) is 4.31. The van der Waals surface area contributed by atoms with Crippen LogP contribution in [0, 0.1) is 24.1 Å². The van der Waals surface area contributed by atoms with Gasteiger partial charge in [0.25, 0.3) is 0 Å². The Bertz CT molecular complexity index is 607. The second-order valence-corrected chi connectivity index (χ2v) is 6.17. The molecule has 1 fully saturated rings. The number of benzene rings is 1. The fourth-order valence-electron chi connectivity index (χ4n) is 2.14. The Morgan fingerprint density at radius 2 is 2.22 bits per heavy atom. The predicted octanol–water partition coefficient (Wildman–Crippen LogP) is 1.81. The van der Waals surface area contributed by atoms with Crippen molar-refractivity contribution in [1.29, 1.82) is 5.26 Å². The van der Waals surface area contributed by atoms with E-state index in [-0.39, 0.29) is 4.90 Å². The minimum Gasteiger partial charge on any atom is -0.207 e. The molecular weight excluding hydrogens is 255 g/mol. The summed E-state index contributed by atoms with van der Waals surface area (Å²) in [5, 5.41) is 8.94. The average molecular weight is 268 g/mol. The Kier molecular flexibility index (Phi) is 3.37. The molecule has 6 heteroatoms. The third-order valence-electron chi connectivity index (χ3n) is 3.09. The molecular formula is C12H13FN2O2S. The molecule has 1 aliphatic rings. The second kappa shape index (κ2) is 4.67. The van der Waals surface area contributed by atoms with E-state index >= 15 is 0 Å². The van der Waals surface area contributed by atoms with E-state index in [0.717, 1.165) is 10.4 Å². The van der Waals surface area contributed by atoms with Gasteiger partial charge in [-0.1, -0.05) is 6.07 Å². The third kappa shape index (κ3) is 2.11. The minimum atomic E-state index is -3.78. The molecule has 0 aromatic heterocycles. The Hall–Kier alpha value is -1.45. The maximum atomic E-state index is 13.2. The lowest BCUT2D eigenvalue weighted by atomic mass is 10.2. The quantitative estimate of drug-likeness (QED) is 0.821. The maximum Gasteiger partial charge on any atom is 0.244 e. The summed E-state index contributed by atoms with van der Waals surface area (Å²) in [6.07, 6.45) is 1.19. The number of hydrogen-bond donors (Lipinski definition) is 0. The van der Waals surface area contributed by atoms with Crippen LogP contribution in [0.4, 0.5) is 4.39 Å². The first-order valence-electron chi connectivity index (χ1n) is 5.64. The van der Waals surface area contributed by atoms with E-state index in [1.165, 1.54) is 12.1 Å². The number of rotatable bonds is 2. The highest BCUT2D eigenvalue weighted by atomic mass is 32.2. The highest BCUT2D eigenvalue weighted by Gasteiger charge is 2.36. The van der Waals surface area contributed by atoms with Gasteiger partial charge in [-0.2, -0.15) is 9.57 Å². The Morgan fingerprint density at radius 3 is 2.89 bits per heavy atom. The van der Waals surface area contributed by atoms with Crippen LogP contribution in [0.1, 0.15) is 18.4 Å². The molecule has 0 saturated carbocycles. The molecule has 0 bridgehead atoms. The van der Waals surface area contributed by atoms with Crippen molar-refractivity contribution in [3.63, 3.8) is 0 Å². The van der Waals surface area contributed by atoms with Gasteiger partial charge in [0.05, 0.1) is 11.0 Å². The molecule has 96 valence electrons. The summed E-state index contributed by atoms with van der Waals surface area (Å²) in [7, 11) is -3.78. The number of nitriles is 1. The summed E-state index contributed by atoms with van der Waals surface area (Å²) in [4.78, 5) is -0.0513. The lowest BCUT2D eigenvalue weighted by Crippen LogP contribution is -2.35. The molecule has 1 aromatic rings. The fraction of sp³-hybridized carbons (Fsp3) is 0.417. The number of nitrogens with zero attached hydrogens (tertiary/aromatic N) is 2. The molecule has 0 spiro atoms. The van der Waals surface area contributed by atoms with Crippen molar-refractivity contribution in [3.8, 4) is 6.07 Å². The molecule has 1 unspecified atom stereocenters. The van der Waals surface area contributed by atoms with Crippen molar-refractivity contribution in [2.75, 3.05) is 6.54 Å². The largest absolute Gasteiger partial charge is 0.244 e. The maximum absolute atomic E-state index is 13.2. The van der Waals surface area contributed by atoms with Gasteiger partial charge in [-0.3, -0.25) is 0 Å². The van der Waals surface area contributed by atoms with E-state index < -0.39 is 21.9 Å². The van der Waals surface area contributed by atoms with Gasteiger partial charge in [0, 0.05) is 6.54 Å². The molecule has 1 aliphatic heterocycles. The normalized spacial score (nSPS) is 20.8. The third-order valence-corrected chi connectivity index (χ3v) is 5.14. The first-order chi connectivity index (χ1) is 8.46. The Labute approximate surface area is 106 Å². The summed E-state index contributed by atoms with van der Waals surface area (Å²) < 4.78 is 39.1. The molecule has 1 saturated heterocycles. The Balaban J connectivity index is 2.49. The van der Waals surface area contributed by atoms with Gasteiger partial charge < -0.3 is 0 Å². The average Bonchev–Trinajstić information content (AvgIpc) is 2.81. The van der Waals surface area contributed by atoms with Gasteiger partial charge in [0.15, 0.2) is 0 Å². The van der Waals surface area contributed by atoms with Gasteiger partial charge in [0.1, 0.15) is 11.9 Å². The van der Waals surface area contributed by atoms with Gasteiger partial charge >= 0.3 is 0 Å². The SMILES string of the molecule is Cc1ccc(F)cc1S(=O)(=O)N1CCCC1C#N. The van der Waals surface area contributed by atoms with Gasteiger partial charge in [-0.05, 0) is 37.5 Å². The Morgan fingerprint density at radius 1 is 1.50 bits per heavy atom. The molecule has 4 nitrogen and oxygen atoms in total. The molecule has 2 rings (SSSR count). The van der Waals surface area contributed by atoms with Crippen LogP contribution in [0.3, 0.4) is 0 Å².